The molecule has 0 radical (unpaired) electrons. The molecule has 21 heavy (non-hydrogen) atoms. The van der Waals surface area contributed by atoms with E-state index in [2.05, 4.69) is 4.98 Å². The lowest BCUT2D eigenvalue weighted by molar-refractivity contribution is -0.385. The van der Waals surface area contributed by atoms with Crippen molar-refractivity contribution in [3.05, 3.63) is 28.4 Å². The van der Waals surface area contributed by atoms with E-state index < -0.39 is 10.5 Å². The second-order valence-electron chi connectivity index (χ2n) is 5.74. The molecule has 0 bridgehead atoms. The van der Waals surface area contributed by atoms with Crippen molar-refractivity contribution in [2.24, 2.45) is 0 Å². The van der Waals surface area contributed by atoms with E-state index in [9.17, 15) is 14.9 Å². The first-order chi connectivity index (χ1) is 9.74. The molecule has 0 unspecified atom stereocenters. The van der Waals surface area contributed by atoms with Crippen LogP contribution >= 0.6 is 0 Å². The van der Waals surface area contributed by atoms with Crippen LogP contribution in [0, 0.1) is 10.1 Å². The van der Waals surface area contributed by atoms with E-state index >= 15 is 0 Å². The smallest absolute Gasteiger partial charge is 0.410 e. The maximum Gasteiger partial charge on any atom is 0.410 e. The third kappa shape index (κ3) is 4.04. The van der Waals surface area contributed by atoms with Gasteiger partial charge in [-0.25, -0.2) is 9.78 Å². The molecule has 0 atom stereocenters. The number of carbonyl (C=O) groups excluding carboxylic acids is 1. The zero-order valence-corrected chi connectivity index (χ0v) is 12.1. The molecule has 8 nitrogen and oxygen atoms in total. The second kappa shape index (κ2) is 5.55. The summed E-state index contributed by atoms with van der Waals surface area (Å²) in [5.41, 5.74) is -0.616. The SMILES string of the molecule is CC(C)(C)OC(=O)N1CC(Oc2ccc([N+](=O)[O-])cn2)C1. The fourth-order valence-electron chi connectivity index (χ4n) is 1.71. The average Bonchev–Trinajstić information content (AvgIpc) is 2.31. The number of nitrogens with zero attached hydrogens (tertiary/aromatic N) is 3. The molecule has 1 aromatic heterocycles. The molecule has 0 aliphatic carbocycles. The molecule has 0 spiro atoms. The van der Waals surface area contributed by atoms with Crippen LogP contribution in [0.2, 0.25) is 0 Å². The number of pyridine rings is 1. The van der Waals surface area contributed by atoms with E-state index in [-0.39, 0.29) is 17.9 Å². The monoisotopic (exact) mass is 295 g/mol. The molecule has 1 aromatic rings. The number of likely N-dealkylation sites (tertiary alicyclic amines) is 1. The molecule has 1 aliphatic rings. The van der Waals surface area contributed by atoms with Crippen LogP contribution in [0.25, 0.3) is 0 Å². The van der Waals surface area contributed by atoms with Crippen LogP contribution in [0.4, 0.5) is 10.5 Å². The number of aromatic nitrogens is 1. The van der Waals surface area contributed by atoms with Crippen molar-refractivity contribution in [2.45, 2.75) is 32.5 Å². The van der Waals surface area contributed by atoms with Crippen LogP contribution in [-0.2, 0) is 4.74 Å². The zero-order chi connectivity index (χ0) is 15.6. The largest absolute Gasteiger partial charge is 0.471 e. The summed E-state index contributed by atoms with van der Waals surface area (Å²) in [6.45, 7) is 6.24. The Morgan fingerprint density at radius 1 is 1.43 bits per heavy atom. The molecular formula is C13H17N3O5. The van der Waals surface area contributed by atoms with Crippen LogP contribution in [0.15, 0.2) is 18.3 Å². The highest BCUT2D eigenvalue weighted by Gasteiger charge is 2.35. The van der Waals surface area contributed by atoms with E-state index in [1.165, 1.54) is 17.0 Å². The van der Waals surface area contributed by atoms with Crippen LogP contribution in [-0.4, -0.2) is 45.7 Å². The summed E-state index contributed by atoms with van der Waals surface area (Å²) in [6.07, 6.45) is 0.588. The van der Waals surface area contributed by atoms with Gasteiger partial charge in [-0.1, -0.05) is 0 Å². The van der Waals surface area contributed by atoms with Gasteiger partial charge in [0, 0.05) is 12.1 Å². The van der Waals surface area contributed by atoms with Crippen molar-refractivity contribution in [3.63, 3.8) is 0 Å². The highest BCUT2D eigenvalue weighted by molar-refractivity contribution is 5.69. The summed E-state index contributed by atoms with van der Waals surface area (Å²) in [4.78, 5) is 27.1. The van der Waals surface area contributed by atoms with Gasteiger partial charge in [0.25, 0.3) is 5.69 Å². The first-order valence-electron chi connectivity index (χ1n) is 6.49. The van der Waals surface area contributed by atoms with Crippen molar-refractivity contribution >= 4 is 11.8 Å². The lowest BCUT2D eigenvalue weighted by Crippen LogP contribution is -2.57. The molecular weight excluding hydrogens is 278 g/mol. The molecule has 0 saturated carbocycles. The average molecular weight is 295 g/mol. The Kier molecular flexibility index (Phi) is 3.97. The molecule has 2 rings (SSSR count). The third-order valence-corrected chi connectivity index (χ3v) is 2.72. The molecule has 1 fully saturated rings. The number of hydrogen-bond acceptors (Lipinski definition) is 6. The first-order valence-corrected chi connectivity index (χ1v) is 6.49. The maximum atomic E-state index is 11.7. The van der Waals surface area contributed by atoms with Gasteiger partial charge in [-0.15, -0.1) is 0 Å². The van der Waals surface area contributed by atoms with E-state index in [0.717, 1.165) is 6.20 Å². The number of amides is 1. The molecule has 2 heterocycles. The third-order valence-electron chi connectivity index (χ3n) is 2.72. The van der Waals surface area contributed by atoms with Gasteiger partial charge in [0.2, 0.25) is 5.88 Å². The normalized spacial score (nSPS) is 15.3. The minimum absolute atomic E-state index is 0.0914. The summed E-state index contributed by atoms with van der Waals surface area (Å²) < 4.78 is 10.7. The predicted octanol–water partition coefficient (Wildman–Crippen LogP) is 1.99. The quantitative estimate of drug-likeness (QED) is 0.625. The fourth-order valence-corrected chi connectivity index (χ4v) is 1.71. The Morgan fingerprint density at radius 3 is 2.57 bits per heavy atom. The Bertz CT molecular complexity index is 532. The highest BCUT2D eigenvalue weighted by atomic mass is 16.6. The lowest BCUT2D eigenvalue weighted by Gasteiger charge is -2.39. The van der Waals surface area contributed by atoms with Gasteiger partial charge in [0.05, 0.1) is 18.0 Å². The van der Waals surface area contributed by atoms with E-state index in [4.69, 9.17) is 9.47 Å². The molecule has 1 amide bonds. The summed E-state index contributed by atoms with van der Waals surface area (Å²) in [5, 5.41) is 10.5. The van der Waals surface area contributed by atoms with E-state index in [1.54, 1.807) is 20.8 Å². The number of carbonyl (C=O) groups is 1. The van der Waals surface area contributed by atoms with Crippen LogP contribution in [0.1, 0.15) is 20.8 Å². The molecule has 1 saturated heterocycles. The lowest BCUT2D eigenvalue weighted by atomic mass is 10.2. The summed E-state index contributed by atoms with van der Waals surface area (Å²) in [5.74, 6) is 0.300. The zero-order valence-electron chi connectivity index (χ0n) is 12.1. The van der Waals surface area contributed by atoms with Crippen LogP contribution in [0.3, 0.4) is 0 Å². The van der Waals surface area contributed by atoms with Crippen molar-refractivity contribution in [2.75, 3.05) is 13.1 Å². The molecule has 1 aliphatic heterocycles. The van der Waals surface area contributed by atoms with Crippen LogP contribution in [0.5, 0.6) is 5.88 Å². The minimum atomic E-state index is -0.525. The van der Waals surface area contributed by atoms with Crippen molar-refractivity contribution in [1.29, 1.82) is 0 Å². The Balaban J connectivity index is 1.80. The summed E-state index contributed by atoms with van der Waals surface area (Å²) >= 11 is 0. The van der Waals surface area contributed by atoms with Gasteiger partial charge in [0.15, 0.2) is 0 Å². The molecule has 0 aromatic carbocycles. The van der Waals surface area contributed by atoms with Gasteiger partial charge >= 0.3 is 6.09 Å². The van der Waals surface area contributed by atoms with Crippen molar-refractivity contribution < 1.29 is 19.2 Å². The van der Waals surface area contributed by atoms with Crippen molar-refractivity contribution in [3.8, 4) is 5.88 Å². The number of hydrogen-bond donors (Lipinski definition) is 0. The number of nitro groups is 1. The Morgan fingerprint density at radius 2 is 2.10 bits per heavy atom. The summed E-state index contributed by atoms with van der Waals surface area (Å²) in [7, 11) is 0. The minimum Gasteiger partial charge on any atom is -0.471 e. The first kappa shape index (κ1) is 15.0. The molecule has 114 valence electrons. The van der Waals surface area contributed by atoms with Gasteiger partial charge in [-0.2, -0.15) is 0 Å². The maximum absolute atomic E-state index is 11.7. The van der Waals surface area contributed by atoms with E-state index in [0.29, 0.717) is 19.0 Å². The Labute approximate surface area is 121 Å². The second-order valence-corrected chi connectivity index (χ2v) is 5.74. The topological polar surface area (TPSA) is 94.8 Å². The van der Waals surface area contributed by atoms with Gasteiger partial charge in [0.1, 0.15) is 17.9 Å². The molecule has 8 heteroatoms. The summed E-state index contributed by atoms with van der Waals surface area (Å²) in [6, 6.07) is 2.76. The highest BCUT2D eigenvalue weighted by Crippen LogP contribution is 2.20. The fraction of sp³-hybridized carbons (Fsp3) is 0.538. The van der Waals surface area contributed by atoms with Gasteiger partial charge in [-0.3, -0.25) is 10.1 Å². The van der Waals surface area contributed by atoms with Crippen molar-refractivity contribution in [1.82, 2.24) is 9.88 Å². The number of rotatable bonds is 3. The van der Waals surface area contributed by atoms with E-state index in [1.807, 2.05) is 0 Å². The molecule has 0 N–H and O–H groups in total. The van der Waals surface area contributed by atoms with Gasteiger partial charge < -0.3 is 14.4 Å². The standard InChI is InChI=1S/C13H17N3O5/c1-13(2,3)21-12(17)15-7-10(8-15)20-11-5-4-9(6-14-11)16(18)19/h4-6,10H,7-8H2,1-3H3. The van der Waals surface area contributed by atoms with Gasteiger partial charge in [-0.05, 0) is 20.8 Å². The number of ether oxygens (including phenoxy) is 2. The Hall–Kier alpha value is -2.38. The predicted molar refractivity (Wildman–Crippen MR) is 73.1 cm³/mol. The van der Waals surface area contributed by atoms with Crippen LogP contribution < -0.4 is 4.74 Å².